The van der Waals surface area contributed by atoms with Gasteiger partial charge in [0.15, 0.2) is 0 Å². The fraction of sp³-hybridized carbons (Fsp3) is 0.870. The molecule has 0 spiro atoms. The topological polar surface area (TPSA) is 77.0 Å². The molecule has 3 N–H and O–H groups in total. The SMILES string of the molecule is C[C@]12CC[C@H](O)CC1=CCC1C2CC[C@@]2(C)C1CC[C@@H]2[NH2+]CCS.O=C([O-])C(F)(F)F. The predicted molar refractivity (Wildman–Crippen MR) is 113 cm³/mol. The minimum atomic E-state index is -5.19. The first kappa shape index (κ1) is 24.9. The number of alkyl halides is 3. The Balaban J connectivity index is 0.000000339. The minimum Gasteiger partial charge on any atom is -0.542 e. The Kier molecular flexibility index (Phi) is 7.44. The van der Waals surface area contributed by atoms with Crippen LogP contribution in [0.25, 0.3) is 0 Å². The third-order valence-corrected chi connectivity index (χ3v) is 9.22. The van der Waals surface area contributed by atoms with Crippen LogP contribution in [0, 0.1) is 28.6 Å². The van der Waals surface area contributed by atoms with Gasteiger partial charge in [0.05, 0.1) is 18.7 Å². The Bertz CT molecular complexity index is 700. The number of quaternary nitrogens is 1. The maximum atomic E-state index is 10.5. The third-order valence-electron chi connectivity index (χ3n) is 8.96. The van der Waals surface area contributed by atoms with E-state index in [1.54, 1.807) is 5.57 Å². The molecule has 0 aromatic heterocycles. The molecule has 3 fully saturated rings. The Hall–Kier alpha value is -0.730. The smallest absolute Gasteiger partial charge is 0.430 e. The molecule has 3 unspecified atom stereocenters. The number of aliphatic hydroxyl groups excluding tert-OH is 1. The van der Waals surface area contributed by atoms with Crippen LogP contribution < -0.4 is 10.4 Å². The zero-order chi connectivity index (χ0) is 23.0. The summed E-state index contributed by atoms with van der Waals surface area (Å²) in [4.78, 5) is 8.78. The summed E-state index contributed by atoms with van der Waals surface area (Å²) in [7, 11) is 0. The lowest BCUT2D eigenvalue weighted by Gasteiger charge is -2.57. The fourth-order valence-electron chi connectivity index (χ4n) is 7.35. The number of hydrogen-bond donors (Lipinski definition) is 3. The van der Waals surface area contributed by atoms with Crippen molar-refractivity contribution in [2.75, 3.05) is 12.3 Å². The van der Waals surface area contributed by atoms with Gasteiger partial charge in [-0.25, -0.2) is 0 Å². The van der Waals surface area contributed by atoms with E-state index < -0.39 is 12.1 Å². The molecule has 8 heteroatoms. The van der Waals surface area contributed by atoms with E-state index in [9.17, 15) is 18.3 Å². The molecular formula is C23H36F3NO3S. The van der Waals surface area contributed by atoms with Crippen LogP contribution in [0.4, 0.5) is 13.2 Å². The number of hydrogen-bond acceptors (Lipinski definition) is 4. The molecule has 0 bridgehead atoms. The van der Waals surface area contributed by atoms with Crippen LogP contribution in [0.2, 0.25) is 0 Å². The number of nitrogens with two attached hydrogens (primary N) is 1. The maximum Gasteiger partial charge on any atom is 0.430 e. The van der Waals surface area contributed by atoms with Crippen molar-refractivity contribution in [3.63, 3.8) is 0 Å². The van der Waals surface area contributed by atoms with E-state index in [0.29, 0.717) is 10.8 Å². The van der Waals surface area contributed by atoms with Gasteiger partial charge in [0.1, 0.15) is 5.97 Å². The normalized spacial score (nSPS) is 41.8. The number of carboxylic acids is 1. The molecule has 0 aromatic carbocycles. The number of rotatable bonds is 3. The first-order valence-corrected chi connectivity index (χ1v) is 12.2. The standard InChI is InChI=1S/C21H35NOS.C2HF3O2/c1-20-9-7-15(23)13-14(20)3-4-16-17-5-6-19(22-11-12-24)21(17,2)10-8-18(16)20;3-2(4,5)1(6)7/h3,15-19,22-24H,4-13H2,1-2H3;(H,6,7)/t15-,16?,17?,18?,19-,20-,21-;/m0./s1. The van der Waals surface area contributed by atoms with E-state index in [-0.39, 0.29) is 6.10 Å². The summed E-state index contributed by atoms with van der Waals surface area (Å²) in [5, 5.41) is 21.5. The van der Waals surface area contributed by atoms with E-state index in [4.69, 9.17) is 9.90 Å². The van der Waals surface area contributed by atoms with E-state index in [0.717, 1.165) is 42.4 Å². The highest BCUT2D eigenvalue weighted by Crippen LogP contribution is 2.64. The summed E-state index contributed by atoms with van der Waals surface area (Å²) in [6, 6.07) is 0.821. The van der Waals surface area contributed by atoms with Crippen molar-refractivity contribution in [1.82, 2.24) is 0 Å². The second-order valence-electron chi connectivity index (χ2n) is 10.4. The number of carbonyl (C=O) groups is 1. The van der Waals surface area contributed by atoms with Crippen molar-refractivity contribution in [2.45, 2.75) is 83.5 Å². The van der Waals surface area contributed by atoms with Gasteiger partial charge in [-0.2, -0.15) is 25.8 Å². The first-order valence-electron chi connectivity index (χ1n) is 11.5. The highest BCUT2D eigenvalue weighted by atomic mass is 32.1. The Morgan fingerprint density at radius 2 is 1.90 bits per heavy atom. The first-order chi connectivity index (χ1) is 14.4. The Morgan fingerprint density at radius 3 is 2.52 bits per heavy atom. The number of aliphatic carboxylic acids is 1. The van der Waals surface area contributed by atoms with E-state index >= 15 is 0 Å². The van der Waals surface area contributed by atoms with Crippen LogP contribution in [0.1, 0.15) is 65.2 Å². The minimum absolute atomic E-state index is 0.0820. The number of thiol groups is 1. The predicted octanol–water partition coefficient (Wildman–Crippen LogP) is 2.47. The van der Waals surface area contributed by atoms with Crippen molar-refractivity contribution in [2.24, 2.45) is 28.6 Å². The largest absolute Gasteiger partial charge is 0.542 e. The highest BCUT2D eigenvalue weighted by Gasteiger charge is 2.59. The van der Waals surface area contributed by atoms with E-state index in [1.165, 1.54) is 45.1 Å². The lowest BCUT2D eigenvalue weighted by atomic mass is 9.48. The molecule has 0 heterocycles. The number of halogens is 3. The molecule has 178 valence electrons. The van der Waals surface area contributed by atoms with Crippen molar-refractivity contribution >= 4 is 18.6 Å². The van der Waals surface area contributed by atoms with Gasteiger partial charge in [0, 0.05) is 17.6 Å². The molecular weight excluding hydrogens is 427 g/mol. The lowest BCUT2D eigenvalue weighted by Crippen LogP contribution is -2.93. The van der Waals surface area contributed by atoms with Crippen molar-refractivity contribution in [3.05, 3.63) is 11.6 Å². The zero-order valence-corrected chi connectivity index (χ0v) is 19.4. The summed E-state index contributed by atoms with van der Waals surface area (Å²) in [6.07, 6.45) is 7.39. The molecule has 0 amide bonds. The highest BCUT2D eigenvalue weighted by molar-refractivity contribution is 7.80. The lowest BCUT2D eigenvalue weighted by molar-refractivity contribution is -0.697. The molecule has 7 atom stereocenters. The molecule has 0 aromatic rings. The number of carbonyl (C=O) groups excluding carboxylic acids is 1. The number of allylic oxidation sites excluding steroid dienone is 1. The molecule has 0 saturated heterocycles. The zero-order valence-electron chi connectivity index (χ0n) is 18.5. The molecule has 4 aliphatic rings. The van der Waals surface area contributed by atoms with Gasteiger partial charge in [-0.3, -0.25) is 0 Å². The summed E-state index contributed by atoms with van der Waals surface area (Å²) >= 11 is 4.42. The molecule has 4 nitrogen and oxygen atoms in total. The van der Waals surface area contributed by atoms with E-state index in [2.05, 4.69) is 37.9 Å². The van der Waals surface area contributed by atoms with Gasteiger partial charge < -0.3 is 20.3 Å². The maximum absolute atomic E-state index is 10.5. The second-order valence-corrected chi connectivity index (χ2v) is 10.9. The summed E-state index contributed by atoms with van der Waals surface area (Å²) in [6.45, 7) is 6.31. The summed E-state index contributed by atoms with van der Waals surface area (Å²) in [5.74, 6) is 0.663. The molecule has 4 rings (SSSR count). The van der Waals surface area contributed by atoms with Gasteiger partial charge in [0.2, 0.25) is 0 Å². The number of aliphatic hydroxyl groups is 1. The van der Waals surface area contributed by atoms with Crippen LogP contribution in [-0.2, 0) is 4.79 Å². The van der Waals surface area contributed by atoms with Gasteiger partial charge in [-0.15, -0.1) is 0 Å². The van der Waals surface area contributed by atoms with Crippen LogP contribution in [0.3, 0.4) is 0 Å². The van der Waals surface area contributed by atoms with Crippen molar-refractivity contribution in [3.8, 4) is 0 Å². The fourth-order valence-corrected chi connectivity index (χ4v) is 7.49. The quantitative estimate of drug-likeness (QED) is 0.445. The van der Waals surface area contributed by atoms with Gasteiger partial charge in [-0.05, 0) is 68.1 Å². The molecule has 0 radical (unpaired) electrons. The van der Waals surface area contributed by atoms with Crippen LogP contribution in [0.5, 0.6) is 0 Å². The van der Waals surface area contributed by atoms with Crippen molar-refractivity contribution < 1.29 is 33.5 Å². The monoisotopic (exact) mass is 463 g/mol. The summed E-state index contributed by atoms with van der Waals surface area (Å²) in [5.41, 5.74) is 2.53. The summed E-state index contributed by atoms with van der Waals surface area (Å²) < 4.78 is 31.5. The van der Waals surface area contributed by atoms with Crippen LogP contribution in [0.15, 0.2) is 11.6 Å². The third kappa shape index (κ3) is 4.81. The van der Waals surface area contributed by atoms with Crippen molar-refractivity contribution in [1.29, 1.82) is 0 Å². The van der Waals surface area contributed by atoms with Crippen LogP contribution in [-0.4, -0.2) is 41.7 Å². The second kappa shape index (κ2) is 9.26. The average Bonchev–Trinajstić information content (AvgIpc) is 3.03. The number of fused-ring (bicyclic) bond motifs is 5. The Morgan fingerprint density at radius 1 is 1.23 bits per heavy atom. The average molecular weight is 464 g/mol. The van der Waals surface area contributed by atoms with E-state index in [1.807, 2.05) is 0 Å². The molecule has 4 aliphatic carbocycles. The molecule has 31 heavy (non-hydrogen) atoms. The molecule has 0 aliphatic heterocycles. The Labute approximate surface area is 188 Å². The van der Waals surface area contributed by atoms with Crippen LogP contribution >= 0.6 is 12.6 Å². The van der Waals surface area contributed by atoms with Gasteiger partial charge >= 0.3 is 6.18 Å². The molecule has 3 saturated carbocycles. The van der Waals surface area contributed by atoms with Gasteiger partial charge in [0.25, 0.3) is 0 Å². The number of carboxylic acid groups (broad SMARTS) is 1. The van der Waals surface area contributed by atoms with Gasteiger partial charge in [-0.1, -0.05) is 25.5 Å².